The predicted molar refractivity (Wildman–Crippen MR) is 125 cm³/mol. The minimum atomic E-state index is -0.112. The van der Waals surface area contributed by atoms with Crippen LogP contribution in [-0.2, 0) is 17.8 Å². The molecule has 0 spiro atoms. The predicted octanol–water partition coefficient (Wildman–Crippen LogP) is 4.10. The van der Waals surface area contributed by atoms with E-state index in [1.54, 1.807) is 12.0 Å². The molecule has 32 heavy (non-hydrogen) atoms. The number of benzene rings is 3. The summed E-state index contributed by atoms with van der Waals surface area (Å²) >= 11 is 0. The summed E-state index contributed by atoms with van der Waals surface area (Å²) in [4.78, 5) is 30.0. The minimum absolute atomic E-state index is 0.0412. The lowest BCUT2D eigenvalue weighted by atomic mass is 10.00. The van der Waals surface area contributed by atoms with Crippen LogP contribution in [-0.4, -0.2) is 47.9 Å². The van der Waals surface area contributed by atoms with E-state index in [2.05, 4.69) is 12.1 Å². The molecule has 5 nitrogen and oxygen atoms in total. The highest BCUT2D eigenvalue weighted by Gasteiger charge is 2.35. The second-order valence-corrected chi connectivity index (χ2v) is 8.27. The second kappa shape index (κ2) is 9.69. The maximum absolute atomic E-state index is 13.3. The van der Waals surface area contributed by atoms with E-state index in [0.29, 0.717) is 25.1 Å². The van der Waals surface area contributed by atoms with Crippen LogP contribution in [0.3, 0.4) is 0 Å². The fraction of sp³-hybridized carbons (Fsp3) is 0.259. The summed E-state index contributed by atoms with van der Waals surface area (Å²) in [5, 5.41) is 0. The molecule has 164 valence electrons. The average molecular weight is 429 g/mol. The standard InChI is InChI=1S/C27H28N2O3/c1-20-11-13-23(14-12-20)27(31)28-18-24(15-21-7-4-3-5-8-21)29(26(30)19-28)17-22-9-6-10-25(16-22)32-2/h3-14,16,24H,15,17-19H2,1-2H3/t24-/m0/s1. The molecule has 0 saturated carbocycles. The van der Waals surface area contributed by atoms with Crippen molar-refractivity contribution in [3.8, 4) is 5.75 Å². The zero-order chi connectivity index (χ0) is 22.5. The van der Waals surface area contributed by atoms with Crippen LogP contribution in [0.1, 0.15) is 27.0 Å². The van der Waals surface area contributed by atoms with Crippen molar-refractivity contribution >= 4 is 11.8 Å². The van der Waals surface area contributed by atoms with Gasteiger partial charge in [0, 0.05) is 18.7 Å². The van der Waals surface area contributed by atoms with Gasteiger partial charge in [0.15, 0.2) is 0 Å². The van der Waals surface area contributed by atoms with E-state index in [9.17, 15) is 9.59 Å². The number of carbonyl (C=O) groups is 2. The molecule has 3 aromatic carbocycles. The molecule has 0 aromatic heterocycles. The number of aryl methyl sites for hydroxylation is 1. The first-order valence-electron chi connectivity index (χ1n) is 10.9. The Morgan fingerprint density at radius 1 is 0.969 bits per heavy atom. The van der Waals surface area contributed by atoms with E-state index >= 15 is 0 Å². The zero-order valence-electron chi connectivity index (χ0n) is 18.5. The minimum Gasteiger partial charge on any atom is -0.497 e. The van der Waals surface area contributed by atoms with Crippen LogP contribution >= 0.6 is 0 Å². The van der Waals surface area contributed by atoms with Crippen molar-refractivity contribution in [3.05, 3.63) is 101 Å². The summed E-state index contributed by atoms with van der Waals surface area (Å²) in [5.41, 5.74) is 3.87. The molecule has 1 aliphatic heterocycles. The molecule has 2 amide bonds. The van der Waals surface area contributed by atoms with Crippen LogP contribution in [0.2, 0.25) is 0 Å². The van der Waals surface area contributed by atoms with Gasteiger partial charge in [0.2, 0.25) is 5.91 Å². The summed E-state index contributed by atoms with van der Waals surface area (Å²) in [5.74, 6) is 0.626. The van der Waals surface area contributed by atoms with E-state index in [1.807, 2.05) is 78.6 Å². The Bertz CT molecular complexity index is 1080. The maximum atomic E-state index is 13.3. The van der Waals surface area contributed by atoms with Gasteiger partial charge in [-0.25, -0.2) is 0 Å². The molecule has 1 atom stereocenters. The van der Waals surface area contributed by atoms with Gasteiger partial charge < -0.3 is 14.5 Å². The Morgan fingerprint density at radius 2 is 1.69 bits per heavy atom. The molecule has 1 saturated heterocycles. The molecular weight excluding hydrogens is 400 g/mol. The Hall–Kier alpha value is -3.60. The van der Waals surface area contributed by atoms with Crippen molar-refractivity contribution in [3.63, 3.8) is 0 Å². The Labute approximate surface area is 189 Å². The first kappa shape index (κ1) is 21.6. The molecule has 0 N–H and O–H groups in total. The van der Waals surface area contributed by atoms with Crippen molar-refractivity contribution in [2.75, 3.05) is 20.2 Å². The van der Waals surface area contributed by atoms with Crippen LogP contribution in [0.25, 0.3) is 0 Å². The molecule has 1 fully saturated rings. The van der Waals surface area contributed by atoms with E-state index in [0.717, 1.165) is 22.4 Å². The quantitative estimate of drug-likeness (QED) is 0.594. The van der Waals surface area contributed by atoms with Gasteiger partial charge in [-0.05, 0) is 48.7 Å². The number of hydrogen-bond acceptors (Lipinski definition) is 3. The van der Waals surface area contributed by atoms with Crippen molar-refractivity contribution in [1.29, 1.82) is 0 Å². The maximum Gasteiger partial charge on any atom is 0.254 e. The molecule has 0 aliphatic carbocycles. The number of carbonyl (C=O) groups excluding carboxylic acids is 2. The van der Waals surface area contributed by atoms with Crippen LogP contribution in [0.4, 0.5) is 0 Å². The third-order valence-electron chi connectivity index (χ3n) is 5.91. The van der Waals surface area contributed by atoms with Gasteiger partial charge in [-0.2, -0.15) is 0 Å². The molecular formula is C27H28N2O3. The largest absolute Gasteiger partial charge is 0.497 e. The highest BCUT2D eigenvalue weighted by molar-refractivity contribution is 5.97. The molecule has 5 heteroatoms. The molecule has 1 heterocycles. The summed E-state index contributed by atoms with van der Waals surface area (Å²) in [6.07, 6.45) is 0.689. The third-order valence-corrected chi connectivity index (χ3v) is 5.91. The van der Waals surface area contributed by atoms with Crippen LogP contribution in [0.5, 0.6) is 5.75 Å². The monoisotopic (exact) mass is 428 g/mol. The number of hydrogen-bond donors (Lipinski definition) is 0. The molecule has 4 rings (SSSR count). The zero-order valence-corrected chi connectivity index (χ0v) is 18.5. The lowest BCUT2D eigenvalue weighted by Crippen LogP contribution is -2.58. The number of rotatable bonds is 6. The van der Waals surface area contributed by atoms with Gasteiger partial charge in [0.25, 0.3) is 5.91 Å². The average Bonchev–Trinajstić information content (AvgIpc) is 2.82. The van der Waals surface area contributed by atoms with Crippen molar-refractivity contribution in [2.24, 2.45) is 0 Å². The lowest BCUT2D eigenvalue weighted by molar-refractivity contribution is -0.139. The van der Waals surface area contributed by atoms with Crippen LogP contribution in [0, 0.1) is 6.92 Å². The number of piperazine rings is 1. The number of nitrogens with zero attached hydrogens (tertiary/aromatic N) is 2. The first-order valence-corrected chi connectivity index (χ1v) is 10.9. The summed E-state index contributed by atoms with van der Waals surface area (Å²) < 4.78 is 5.34. The van der Waals surface area contributed by atoms with Gasteiger partial charge in [-0.15, -0.1) is 0 Å². The first-order chi connectivity index (χ1) is 15.5. The van der Waals surface area contributed by atoms with Crippen LogP contribution in [0.15, 0.2) is 78.9 Å². The Morgan fingerprint density at radius 3 is 2.41 bits per heavy atom. The van der Waals surface area contributed by atoms with E-state index < -0.39 is 0 Å². The topological polar surface area (TPSA) is 49.9 Å². The molecule has 0 bridgehead atoms. The van der Waals surface area contributed by atoms with Crippen molar-refractivity contribution < 1.29 is 14.3 Å². The van der Waals surface area contributed by atoms with Crippen molar-refractivity contribution in [1.82, 2.24) is 9.80 Å². The molecule has 0 radical (unpaired) electrons. The lowest BCUT2D eigenvalue weighted by Gasteiger charge is -2.41. The second-order valence-electron chi connectivity index (χ2n) is 8.27. The van der Waals surface area contributed by atoms with E-state index in [1.165, 1.54) is 0 Å². The van der Waals surface area contributed by atoms with E-state index in [-0.39, 0.29) is 24.4 Å². The highest BCUT2D eigenvalue weighted by Crippen LogP contribution is 2.22. The normalized spacial score (nSPS) is 16.2. The highest BCUT2D eigenvalue weighted by atomic mass is 16.5. The van der Waals surface area contributed by atoms with Gasteiger partial charge >= 0.3 is 0 Å². The fourth-order valence-electron chi connectivity index (χ4n) is 4.15. The Balaban J connectivity index is 1.58. The number of amides is 2. The molecule has 0 unspecified atom stereocenters. The van der Waals surface area contributed by atoms with Gasteiger partial charge in [0.1, 0.15) is 12.3 Å². The number of ether oxygens (including phenoxy) is 1. The Kier molecular flexibility index (Phi) is 6.55. The van der Waals surface area contributed by atoms with Gasteiger partial charge in [0.05, 0.1) is 13.2 Å². The third kappa shape index (κ3) is 4.99. The summed E-state index contributed by atoms with van der Waals surface area (Å²) in [6.45, 7) is 3.06. The smallest absolute Gasteiger partial charge is 0.254 e. The van der Waals surface area contributed by atoms with Crippen molar-refractivity contribution in [2.45, 2.75) is 25.9 Å². The van der Waals surface area contributed by atoms with E-state index in [4.69, 9.17) is 4.74 Å². The van der Waals surface area contributed by atoms with Gasteiger partial charge in [-0.3, -0.25) is 9.59 Å². The summed E-state index contributed by atoms with van der Waals surface area (Å²) in [7, 11) is 1.64. The SMILES string of the molecule is COc1cccc(CN2C(=O)CN(C(=O)c3ccc(C)cc3)C[C@@H]2Cc2ccccc2)c1. The molecule has 3 aromatic rings. The fourth-order valence-corrected chi connectivity index (χ4v) is 4.15. The summed E-state index contributed by atoms with van der Waals surface area (Å²) in [6, 6.07) is 25.3. The molecule has 1 aliphatic rings. The number of methoxy groups -OCH3 is 1. The van der Waals surface area contributed by atoms with Crippen LogP contribution < -0.4 is 4.74 Å². The van der Waals surface area contributed by atoms with Gasteiger partial charge in [-0.1, -0.05) is 60.2 Å².